The number of phenols is 1. The maximum absolute atomic E-state index is 13.3. The molecule has 1 N–H and O–H groups in total. The fourth-order valence-electron chi connectivity index (χ4n) is 3.44. The Hall–Kier alpha value is -3.61. The molecule has 2 aromatic carbocycles. The molecule has 1 unspecified atom stereocenters. The summed E-state index contributed by atoms with van der Waals surface area (Å²) in [7, 11) is 2.42. The van der Waals surface area contributed by atoms with Crippen LogP contribution in [0.4, 0.5) is 0 Å². The Kier molecular flexibility index (Phi) is 5.97. The molecule has 0 bridgehead atoms. The number of amides is 1. The maximum atomic E-state index is 13.3. The molecule has 0 radical (unpaired) electrons. The van der Waals surface area contributed by atoms with Gasteiger partial charge < -0.3 is 19.5 Å². The number of benzene rings is 2. The summed E-state index contributed by atoms with van der Waals surface area (Å²) in [6, 6.07) is 14.8. The molecule has 0 saturated heterocycles. The largest absolute Gasteiger partial charge is 0.508 e. The third-order valence-corrected chi connectivity index (χ3v) is 4.81. The van der Waals surface area contributed by atoms with Gasteiger partial charge in [-0.3, -0.25) is 9.59 Å². The first-order chi connectivity index (χ1) is 14.0. The normalized spacial score (nSPS) is 16.1. The summed E-state index contributed by atoms with van der Waals surface area (Å²) >= 11 is 0. The van der Waals surface area contributed by atoms with Crippen molar-refractivity contribution < 1.29 is 29.0 Å². The summed E-state index contributed by atoms with van der Waals surface area (Å²) < 4.78 is 9.60. The van der Waals surface area contributed by atoms with Crippen LogP contribution in [0, 0.1) is 0 Å². The summed E-state index contributed by atoms with van der Waals surface area (Å²) in [6.45, 7) is 0.184. The van der Waals surface area contributed by atoms with Gasteiger partial charge in [0, 0.05) is 17.7 Å². The van der Waals surface area contributed by atoms with E-state index in [1.807, 2.05) is 30.3 Å². The van der Waals surface area contributed by atoms with Crippen molar-refractivity contribution in [1.29, 1.82) is 0 Å². The minimum atomic E-state index is -0.893. The standard InChI is InChI=1S/C22H21NO6/c1-28-18(25)12-16-19(22(27)29-2)20(15-10-6-7-11-17(15)24)23(21(16)26)13-14-8-4-3-5-9-14/h3-11,20,24H,12-13H2,1-2H3. The predicted molar refractivity (Wildman–Crippen MR) is 104 cm³/mol. The van der Waals surface area contributed by atoms with Crippen molar-refractivity contribution in [2.24, 2.45) is 0 Å². The third kappa shape index (κ3) is 3.99. The topological polar surface area (TPSA) is 93.1 Å². The molecule has 3 rings (SSSR count). The molecular formula is C22H21NO6. The first kappa shape index (κ1) is 20.1. The van der Waals surface area contributed by atoms with Crippen LogP contribution in [0.15, 0.2) is 65.7 Å². The third-order valence-electron chi connectivity index (χ3n) is 4.81. The lowest BCUT2D eigenvalue weighted by Gasteiger charge is -2.27. The van der Waals surface area contributed by atoms with Crippen molar-refractivity contribution in [1.82, 2.24) is 4.90 Å². The zero-order chi connectivity index (χ0) is 21.0. The van der Waals surface area contributed by atoms with Crippen molar-refractivity contribution in [2.75, 3.05) is 14.2 Å². The Balaban J connectivity index is 2.15. The number of phenolic OH excluding ortho intramolecular Hbond substituents is 1. The van der Waals surface area contributed by atoms with Crippen molar-refractivity contribution in [3.63, 3.8) is 0 Å². The fraction of sp³-hybridized carbons (Fsp3) is 0.227. The number of hydrogen-bond acceptors (Lipinski definition) is 6. The number of methoxy groups -OCH3 is 2. The number of nitrogens with zero attached hydrogens (tertiary/aromatic N) is 1. The molecule has 150 valence electrons. The van der Waals surface area contributed by atoms with Crippen LogP contribution in [-0.2, 0) is 30.4 Å². The number of aromatic hydroxyl groups is 1. The zero-order valence-electron chi connectivity index (χ0n) is 16.1. The first-order valence-electron chi connectivity index (χ1n) is 8.98. The molecule has 1 amide bonds. The molecule has 7 nitrogen and oxygen atoms in total. The van der Waals surface area contributed by atoms with E-state index < -0.39 is 23.9 Å². The van der Waals surface area contributed by atoms with Gasteiger partial charge in [0.05, 0.1) is 32.3 Å². The summed E-state index contributed by atoms with van der Waals surface area (Å²) in [5, 5.41) is 10.4. The van der Waals surface area contributed by atoms with Gasteiger partial charge in [-0.05, 0) is 11.6 Å². The van der Waals surface area contributed by atoms with E-state index in [4.69, 9.17) is 9.47 Å². The van der Waals surface area contributed by atoms with Crippen LogP contribution in [0.25, 0.3) is 0 Å². The van der Waals surface area contributed by atoms with Crippen molar-refractivity contribution in [3.05, 3.63) is 76.9 Å². The van der Waals surface area contributed by atoms with Gasteiger partial charge in [0.1, 0.15) is 5.75 Å². The number of para-hydroxylation sites is 1. The van der Waals surface area contributed by atoms with Gasteiger partial charge >= 0.3 is 11.9 Å². The average Bonchev–Trinajstić information content (AvgIpc) is 3.00. The molecule has 1 heterocycles. The first-order valence-corrected chi connectivity index (χ1v) is 8.98. The van der Waals surface area contributed by atoms with Gasteiger partial charge in [0.15, 0.2) is 0 Å². The second kappa shape index (κ2) is 8.60. The molecule has 0 spiro atoms. The molecule has 1 atom stereocenters. The highest BCUT2D eigenvalue weighted by molar-refractivity contribution is 6.10. The number of carbonyl (C=O) groups excluding carboxylic acids is 3. The Morgan fingerprint density at radius 2 is 1.66 bits per heavy atom. The zero-order valence-corrected chi connectivity index (χ0v) is 16.1. The number of hydrogen-bond donors (Lipinski definition) is 1. The summed E-state index contributed by atoms with van der Waals surface area (Å²) in [5.74, 6) is -1.93. The van der Waals surface area contributed by atoms with Gasteiger partial charge in [0.25, 0.3) is 5.91 Å². The quantitative estimate of drug-likeness (QED) is 0.756. The Morgan fingerprint density at radius 3 is 2.28 bits per heavy atom. The van der Waals surface area contributed by atoms with E-state index in [1.54, 1.807) is 18.2 Å². The predicted octanol–water partition coefficient (Wildman–Crippen LogP) is 2.51. The van der Waals surface area contributed by atoms with Gasteiger partial charge in [-0.2, -0.15) is 0 Å². The summed E-state index contributed by atoms with van der Waals surface area (Å²) in [6.07, 6.45) is -0.366. The molecule has 0 fully saturated rings. The minimum Gasteiger partial charge on any atom is -0.508 e. The molecule has 29 heavy (non-hydrogen) atoms. The Bertz CT molecular complexity index is 966. The van der Waals surface area contributed by atoms with E-state index in [0.29, 0.717) is 5.56 Å². The fourth-order valence-corrected chi connectivity index (χ4v) is 3.44. The molecular weight excluding hydrogens is 374 g/mol. The molecule has 1 aliphatic rings. The highest BCUT2D eigenvalue weighted by atomic mass is 16.5. The van der Waals surface area contributed by atoms with E-state index in [-0.39, 0.29) is 29.9 Å². The molecule has 1 aliphatic heterocycles. The number of ether oxygens (including phenoxy) is 2. The van der Waals surface area contributed by atoms with Crippen LogP contribution in [0.1, 0.15) is 23.6 Å². The smallest absolute Gasteiger partial charge is 0.336 e. The van der Waals surface area contributed by atoms with E-state index in [9.17, 15) is 19.5 Å². The van der Waals surface area contributed by atoms with Crippen LogP contribution < -0.4 is 0 Å². The second-order valence-electron chi connectivity index (χ2n) is 6.52. The van der Waals surface area contributed by atoms with Crippen molar-refractivity contribution >= 4 is 17.8 Å². The number of rotatable bonds is 6. The van der Waals surface area contributed by atoms with E-state index in [0.717, 1.165) is 5.56 Å². The monoisotopic (exact) mass is 395 g/mol. The van der Waals surface area contributed by atoms with E-state index in [1.165, 1.54) is 25.2 Å². The number of esters is 2. The molecule has 7 heteroatoms. The molecule has 0 aliphatic carbocycles. The lowest BCUT2D eigenvalue weighted by atomic mass is 9.95. The summed E-state index contributed by atoms with van der Waals surface area (Å²) in [4.78, 5) is 39.3. The SMILES string of the molecule is COC(=O)CC1=C(C(=O)OC)C(c2ccccc2O)N(Cc2ccccc2)C1=O. The second-order valence-corrected chi connectivity index (χ2v) is 6.52. The minimum absolute atomic E-state index is 0.00730. The van der Waals surface area contributed by atoms with Gasteiger partial charge in [-0.1, -0.05) is 48.5 Å². The average molecular weight is 395 g/mol. The van der Waals surface area contributed by atoms with Crippen LogP contribution >= 0.6 is 0 Å². The lowest BCUT2D eigenvalue weighted by Crippen LogP contribution is -2.31. The molecule has 0 aromatic heterocycles. The van der Waals surface area contributed by atoms with E-state index >= 15 is 0 Å². The van der Waals surface area contributed by atoms with Crippen LogP contribution in [-0.4, -0.2) is 42.1 Å². The van der Waals surface area contributed by atoms with Gasteiger partial charge in [-0.25, -0.2) is 4.79 Å². The summed E-state index contributed by atoms with van der Waals surface area (Å²) in [5.41, 5.74) is 1.25. The van der Waals surface area contributed by atoms with Crippen LogP contribution in [0.5, 0.6) is 5.75 Å². The van der Waals surface area contributed by atoms with Crippen LogP contribution in [0.3, 0.4) is 0 Å². The molecule has 0 saturated carbocycles. The van der Waals surface area contributed by atoms with Crippen molar-refractivity contribution in [3.8, 4) is 5.75 Å². The van der Waals surface area contributed by atoms with Crippen molar-refractivity contribution in [2.45, 2.75) is 19.0 Å². The van der Waals surface area contributed by atoms with Gasteiger partial charge in [-0.15, -0.1) is 0 Å². The van der Waals surface area contributed by atoms with Gasteiger partial charge in [0.2, 0.25) is 0 Å². The van der Waals surface area contributed by atoms with Crippen LogP contribution in [0.2, 0.25) is 0 Å². The lowest BCUT2D eigenvalue weighted by molar-refractivity contribution is -0.141. The Morgan fingerprint density at radius 1 is 1.00 bits per heavy atom. The Labute approximate surface area is 168 Å². The highest BCUT2D eigenvalue weighted by Gasteiger charge is 2.45. The molecule has 2 aromatic rings. The van der Waals surface area contributed by atoms with E-state index in [2.05, 4.69) is 0 Å². The number of carbonyl (C=O) groups is 3. The maximum Gasteiger partial charge on any atom is 0.336 e. The highest BCUT2D eigenvalue weighted by Crippen LogP contribution is 2.43.